The van der Waals surface area contributed by atoms with Crippen molar-refractivity contribution in [2.24, 2.45) is 0 Å². The van der Waals surface area contributed by atoms with Gasteiger partial charge in [-0.3, -0.25) is 19.9 Å². The molecule has 0 fully saturated rings. The van der Waals surface area contributed by atoms with E-state index in [2.05, 4.69) is 35.2 Å². The van der Waals surface area contributed by atoms with Crippen molar-refractivity contribution in [3.05, 3.63) is 114 Å². The molecule has 0 aliphatic rings. The average Bonchev–Trinajstić information content (AvgIpc) is 3.67. The summed E-state index contributed by atoms with van der Waals surface area (Å²) >= 11 is 0. The molecule has 1 amide bonds. The fourth-order valence-electron chi connectivity index (χ4n) is 5.44. The number of pyridine rings is 2. The van der Waals surface area contributed by atoms with E-state index in [1.807, 2.05) is 30.3 Å². The van der Waals surface area contributed by atoms with Gasteiger partial charge < -0.3 is 10.3 Å². The quantitative estimate of drug-likeness (QED) is 0.153. The summed E-state index contributed by atoms with van der Waals surface area (Å²) in [5, 5.41) is 10.7. The molecule has 11 nitrogen and oxygen atoms in total. The molecule has 48 heavy (non-hydrogen) atoms. The predicted octanol–water partition coefficient (Wildman–Crippen LogP) is 5.74. The van der Waals surface area contributed by atoms with E-state index in [0.29, 0.717) is 61.5 Å². The van der Waals surface area contributed by atoms with E-state index >= 15 is 4.39 Å². The number of rotatable bonds is 9. The van der Waals surface area contributed by atoms with Crippen LogP contribution in [0.15, 0.2) is 91.4 Å². The van der Waals surface area contributed by atoms with Crippen LogP contribution in [-0.4, -0.2) is 50.7 Å². The first-order chi connectivity index (χ1) is 23.1. The summed E-state index contributed by atoms with van der Waals surface area (Å²) in [5.74, 6) is -0.949. The molecule has 7 aromatic rings. The molecule has 0 aliphatic heterocycles. The Morgan fingerprint density at radius 1 is 0.896 bits per heavy atom. The van der Waals surface area contributed by atoms with Gasteiger partial charge in [0.15, 0.2) is 5.82 Å². The van der Waals surface area contributed by atoms with E-state index in [9.17, 15) is 17.6 Å². The van der Waals surface area contributed by atoms with Crippen LogP contribution in [0.2, 0.25) is 0 Å². The molecule has 0 unspecified atom stereocenters. The van der Waals surface area contributed by atoms with Gasteiger partial charge in [0, 0.05) is 47.1 Å². The minimum Gasteiger partial charge on any atom is -0.336 e. The van der Waals surface area contributed by atoms with Crippen LogP contribution in [0.4, 0.5) is 14.5 Å². The number of imidazole rings is 1. The largest absolute Gasteiger partial charge is 0.336 e. The predicted molar refractivity (Wildman–Crippen MR) is 178 cm³/mol. The zero-order valence-corrected chi connectivity index (χ0v) is 26.1. The number of carbonyl (C=O) groups is 1. The van der Waals surface area contributed by atoms with Crippen LogP contribution in [0.5, 0.6) is 0 Å². The fourth-order valence-corrected chi connectivity index (χ4v) is 5.87. The SMILES string of the molecule is CS(=O)(=O)NCc1cc(F)cc(-c2nccc3[nH]c(-c4n[nH]c5cc(F)c(-c6cncc(NC(=O)Cc7ccccc7)c6)cc45)nc23)c1. The van der Waals surface area contributed by atoms with E-state index in [1.54, 1.807) is 30.5 Å². The lowest BCUT2D eigenvalue weighted by molar-refractivity contribution is -0.115. The number of carbonyl (C=O) groups excluding carboxylic acids is 1. The van der Waals surface area contributed by atoms with Gasteiger partial charge in [0.25, 0.3) is 0 Å². The highest BCUT2D eigenvalue weighted by molar-refractivity contribution is 7.88. The van der Waals surface area contributed by atoms with Gasteiger partial charge in [0.2, 0.25) is 15.9 Å². The Labute approximate surface area is 272 Å². The number of nitrogens with one attached hydrogen (secondary N) is 4. The summed E-state index contributed by atoms with van der Waals surface area (Å²) in [7, 11) is -3.49. The summed E-state index contributed by atoms with van der Waals surface area (Å²) in [5.41, 5.74) is 5.02. The van der Waals surface area contributed by atoms with Gasteiger partial charge in [-0.1, -0.05) is 30.3 Å². The Morgan fingerprint density at radius 3 is 2.54 bits per heavy atom. The molecule has 4 heterocycles. The van der Waals surface area contributed by atoms with Crippen LogP contribution >= 0.6 is 0 Å². The van der Waals surface area contributed by atoms with Crippen molar-refractivity contribution in [3.63, 3.8) is 0 Å². The number of aromatic amines is 2. The van der Waals surface area contributed by atoms with Crippen molar-refractivity contribution < 1.29 is 22.0 Å². The number of halogens is 2. The monoisotopic (exact) mass is 664 g/mol. The van der Waals surface area contributed by atoms with Crippen LogP contribution in [0.3, 0.4) is 0 Å². The second-order valence-corrected chi connectivity index (χ2v) is 13.0. The number of benzene rings is 3. The Hall–Kier alpha value is -5.86. The van der Waals surface area contributed by atoms with Crippen LogP contribution in [0, 0.1) is 11.6 Å². The molecule has 3 aromatic carbocycles. The van der Waals surface area contributed by atoms with Crippen molar-refractivity contribution in [3.8, 4) is 33.9 Å². The van der Waals surface area contributed by atoms with Crippen molar-refractivity contribution in [1.82, 2.24) is 34.9 Å². The third-order valence-corrected chi connectivity index (χ3v) is 8.25. The molecule has 0 saturated carbocycles. The third kappa shape index (κ3) is 6.52. The number of H-pyrrole nitrogens is 2. The Bertz CT molecular complexity index is 2450. The first-order valence-electron chi connectivity index (χ1n) is 14.7. The molecule has 14 heteroatoms. The van der Waals surface area contributed by atoms with Crippen LogP contribution in [-0.2, 0) is 27.8 Å². The van der Waals surface area contributed by atoms with Crippen LogP contribution in [0.1, 0.15) is 11.1 Å². The highest BCUT2D eigenvalue weighted by Gasteiger charge is 2.19. The van der Waals surface area contributed by atoms with Gasteiger partial charge in [0.1, 0.15) is 22.8 Å². The minimum absolute atomic E-state index is 0.0952. The first-order valence-corrected chi connectivity index (χ1v) is 16.6. The number of nitrogens with zero attached hydrogens (tertiary/aromatic N) is 4. The number of fused-ring (bicyclic) bond motifs is 2. The maximum Gasteiger partial charge on any atom is 0.228 e. The molecule has 0 aliphatic carbocycles. The molecule has 0 saturated heterocycles. The maximum atomic E-state index is 15.4. The second-order valence-electron chi connectivity index (χ2n) is 11.2. The number of hydrogen-bond donors (Lipinski definition) is 4. The minimum atomic E-state index is -3.49. The zero-order chi connectivity index (χ0) is 33.4. The van der Waals surface area contributed by atoms with E-state index in [-0.39, 0.29) is 24.4 Å². The highest BCUT2D eigenvalue weighted by Crippen LogP contribution is 2.34. The van der Waals surface area contributed by atoms with Gasteiger partial charge in [-0.2, -0.15) is 5.10 Å². The topological polar surface area (TPSA) is 158 Å². The lowest BCUT2D eigenvalue weighted by Crippen LogP contribution is -2.21. The second kappa shape index (κ2) is 12.4. The average molecular weight is 665 g/mol. The fraction of sp³-hybridized carbons (Fsp3) is 0.0882. The van der Waals surface area contributed by atoms with Crippen molar-refractivity contribution >= 4 is 43.6 Å². The van der Waals surface area contributed by atoms with Crippen molar-refractivity contribution in [2.75, 3.05) is 11.6 Å². The number of sulfonamides is 1. The van der Waals surface area contributed by atoms with Gasteiger partial charge in [-0.15, -0.1) is 0 Å². The third-order valence-electron chi connectivity index (χ3n) is 7.59. The standard InChI is InChI=1S/C34H26F2N8O3S/c1-48(46,47)39-16-20-9-21(12-23(35)10-20)31-33-28(7-8-38-31)41-34(42-33)32-26-14-25(27(36)15-29(26)43-44-32)22-13-24(18-37-17-22)40-30(45)11-19-5-3-2-4-6-19/h2-10,12-15,17-18,39H,11,16H2,1H3,(H,40,45)(H,41,42)(H,43,44). The molecule has 4 aromatic heterocycles. The molecule has 7 rings (SSSR count). The van der Waals surface area contributed by atoms with Crippen molar-refractivity contribution in [1.29, 1.82) is 0 Å². The van der Waals surface area contributed by atoms with E-state index < -0.39 is 21.7 Å². The molecular weight excluding hydrogens is 638 g/mol. The summed E-state index contributed by atoms with van der Waals surface area (Å²) in [4.78, 5) is 29.3. The van der Waals surface area contributed by atoms with Gasteiger partial charge >= 0.3 is 0 Å². The maximum absolute atomic E-state index is 15.4. The number of hydrogen-bond acceptors (Lipinski definition) is 7. The van der Waals surface area contributed by atoms with Crippen LogP contribution < -0.4 is 10.0 Å². The summed E-state index contributed by atoms with van der Waals surface area (Å²) in [6.07, 6.45) is 5.76. The van der Waals surface area contributed by atoms with E-state index in [1.165, 1.54) is 30.6 Å². The lowest BCUT2D eigenvalue weighted by atomic mass is 10.0. The Balaban J connectivity index is 1.22. The molecule has 4 N–H and O–H groups in total. The molecule has 0 bridgehead atoms. The van der Waals surface area contributed by atoms with Gasteiger partial charge in [-0.05, 0) is 47.5 Å². The van der Waals surface area contributed by atoms with E-state index in [4.69, 9.17) is 4.98 Å². The number of amides is 1. The summed E-state index contributed by atoms with van der Waals surface area (Å²) < 4.78 is 55.6. The highest BCUT2D eigenvalue weighted by atomic mass is 32.2. The Morgan fingerprint density at radius 2 is 1.73 bits per heavy atom. The summed E-state index contributed by atoms with van der Waals surface area (Å²) in [6, 6.07) is 19.8. The molecule has 240 valence electrons. The molecular formula is C34H26F2N8O3S. The van der Waals surface area contributed by atoms with Gasteiger partial charge in [0.05, 0.1) is 41.3 Å². The molecule has 0 atom stereocenters. The number of aromatic nitrogens is 6. The zero-order valence-electron chi connectivity index (χ0n) is 25.3. The molecule has 0 radical (unpaired) electrons. The first kappa shape index (κ1) is 30.8. The number of anilines is 1. The van der Waals surface area contributed by atoms with Crippen molar-refractivity contribution in [2.45, 2.75) is 13.0 Å². The Kier molecular flexibility index (Phi) is 7.94. The smallest absolute Gasteiger partial charge is 0.228 e. The lowest BCUT2D eigenvalue weighted by Gasteiger charge is -2.09. The normalized spacial score (nSPS) is 11.7. The van der Waals surface area contributed by atoms with Crippen LogP contribution in [0.25, 0.3) is 55.8 Å². The van der Waals surface area contributed by atoms with Gasteiger partial charge in [-0.25, -0.2) is 26.9 Å². The van der Waals surface area contributed by atoms with E-state index in [0.717, 1.165) is 11.8 Å². The molecule has 0 spiro atoms. The summed E-state index contributed by atoms with van der Waals surface area (Å²) in [6.45, 7) is -0.0952.